The Balaban J connectivity index is 1.73. The number of para-hydroxylation sites is 1. The lowest BCUT2D eigenvalue weighted by molar-refractivity contribution is -0.384. The number of rotatable bonds is 9. The standard InChI is InChI=1S/C28H27Cl2N5O3S/c1-5-18-8-7-9-19(6-2)26(18)34-27(21-11-10-20(29)14-22(21)30)32-33-28(34)39-15-25(36)31-23-12-16(3)17(4)13-24(23)35(37)38/h7-14H,5-6,15H2,1-4H3,(H,31,36). The van der Waals surface area contributed by atoms with Crippen molar-refractivity contribution in [3.63, 3.8) is 0 Å². The van der Waals surface area contributed by atoms with Crippen LogP contribution >= 0.6 is 35.0 Å². The Morgan fingerprint density at radius 1 is 1.03 bits per heavy atom. The average Bonchev–Trinajstić information content (AvgIpc) is 3.31. The lowest BCUT2D eigenvalue weighted by atomic mass is 10.0. The monoisotopic (exact) mass is 583 g/mol. The summed E-state index contributed by atoms with van der Waals surface area (Å²) in [6.45, 7) is 7.79. The Hall–Kier alpha value is -3.40. The lowest BCUT2D eigenvalue weighted by Gasteiger charge is -2.18. The maximum Gasteiger partial charge on any atom is 0.293 e. The molecule has 11 heteroatoms. The Morgan fingerprint density at radius 2 is 1.69 bits per heavy atom. The lowest BCUT2D eigenvalue weighted by Crippen LogP contribution is -2.16. The second kappa shape index (κ2) is 12.2. The van der Waals surface area contributed by atoms with Crippen molar-refractivity contribution in [3.8, 4) is 17.1 Å². The number of anilines is 1. The Kier molecular flexibility index (Phi) is 8.94. The second-order valence-electron chi connectivity index (χ2n) is 8.95. The van der Waals surface area contributed by atoms with Crippen LogP contribution < -0.4 is 5.32 Å². The molecule has 8 nitrogen and oxygen atoms in total. The zero-order valence-electron chi connectivity index (χ0n) is 21.9. The van der Waals surface area contributed by atoms with Crippen molar-refractivity contribution >= 4 is 52.2 Å². The molecular weight excluding hydrogens is 557 g/mol. The molecule has 4 aromatic rings. The van der Waals surface area contributed by atoms with Crippen LogP contribution in [0.3, 0.4) is 0 Å². The molecule has 0 spiro atoms. The summed E-state index contributed by atoms with van der Waals surface area (Å²) in [4.78, 5) is 24.0. The number of carbonyl (C=O) groups is 1. The van der Waals surface area contributed by atoms with Gasteiger partial charge in [-0.1, -0.05) is 67.0 Å². The van der Waals surface area contributed by atoms with Crippen LogP contribution in [-0.2, 0) is 17.6 Å². The third-order valence-electron chi connectivity index (χ3n) is 6.41. The molecule has 3 aromatic carbocycles. The third-order valence-corrected chi connectivity index (χ3v) is 7.89. The van der Waals surface area contributed by atoms with Crippen molar-refractivity contribution in [2.45, 2.75) is 45.7 Å². The van der Waals surface area contributed by atoms with E-state index in [9.17, 15) is 14.9 Å². The first-order chi connectivity index (χ1) is 18.6. The minimum Gasteiger partial charge on any atom is -0.320 e. The molecule has 4 rings (SSSR count). The largest absolute Gasteiger partial charge is 0.320 e. The first-order valence-corrected chi connectivity index (χ1v) is 14.1. The van der Waals surface area contributed by atoms with Gasteiger partial charge in [-0.15, -0.1) is 10.2 Å². The molecule has 0 aliphatic heterocycles. The molecule has 0 unspecified atom stereocenters. The van der Waals surface area contributed by atoms with Gasteiger partial charge in [0.1, 0.15) is 5.69 Å². The number of nitrogens with one attached hydrogen (secondary N) is 1. The molecule has 39 heavy (non-hydrogen) atoms. The van der Waals surface area contributed by atoms with Gasteiger partial charge < -0.3 is 5.32 Å². The first kappa shape index (κ1) is 28.6. The van der Waals surface area contributed by atoms with E-state index in [4.69, 9.17) is 23.2 Å². The first-order valence-electron chi connectivity index (χ1n) is 12.3. The number of carbonyl (C=O) groups excluding carboxylic acids is 1. The van der Waals surface area contributed by atoms with Crippen LogP contribution in [0.15, 0.2) is 53.7 Å². The summed E-state index contributed by atoms with van der Waals surface area (Å²) >= 11 is 13.9. The number of nitrogens with zero attached hydrogens (tertiary/aromatic N) is 4. The highest BCUT2D eigenvalue weighted by Crippen LogP contribution is 2.36. The van der Waals surface area contributed by atoms with Crippen LogP contribution in [0, 0.1) is 24.0 Å². The van der Waals surface area contributed by atoms with Gasteiger partial charge in [0.2, 0.25) is 5.91 Å². The van der Waals surface area contributed by atoms with E-state index in [-0.39, 0.29) is 17.1 Å². The van der Waals surface area contributed by atoms with E-state index in [0.717, 1.165) is 40.8 Å². The normalized spacial score (nSPS) is 11.0. The maximum absolute atomic E-state index is 13.0. The van der Waals surface area contributed by atoms with Gasteiger partial charge in [0.05, 0.1) is 21.4 Å². The van der Waals surface area contributed by atoms with Gasteiger partial charge in [-0.05, 0) is 73.2 Å². The number of hydrogen-bond donors (Lipinski definition) is 1. The Morgan fingerprint density at radius 3 is 2.31 bits per heavy atom. The summed E-state index contributed by atoms with van der Waals surface area (Å²) in [6, 6.07) is 14.4. The van der Waals surface area contributed by atoms with Crippen LogP contribution in [0.5, 0.6) is 0 Å². The van der Waals surface area contributed by atoms with Crippen LogP contribution in [0.2, 0.25) is 10.0 Å². The molecule has 202 valence electrons. The van der Waals surface area contributed by atoms with Crippen molar-refractivity contribution in [1.29, 1.82) is 0 Å². The second-order valence-corrected chi connectivity index (χ2v) is 10.7. The SMILES string of the molecule is CCc1cccc(CC)c1-n1c(SCC(=O)Nc2cc(C)c(C)cc2[N+](=O)[O-])nnc1-c1ccc(Cl)cc1Cl. The molecule has 1 aromatic heterocycles. The fourth-order valence-electron chi connectivity index (χ4n) is 4.28. The van der Waals surface area contributed by atoms with Gasteiger partial charge in [-0.25, -0.2) is 0 Å². The summed E-state index contributed by atoms with van der Waals surface area (Å²) in [7, 11) is 0. The van der Waals surface area contributed by atoms with Crippen molar-refractivity contribution in [3.05, 3.63) is 90.9 Å². The van der Waals surface area contributed by atoms with Gasteiger partial charge in [-0.3, -0.25) is 19.5 Å². The molecule has 0 saturated heterocycles. The predicted molar refractivity (Wildman–Crippen MR) is 157 cm³/mol. The summed E-state index contributed by atoms with van der Waals surface area (Å²) in [5.41, 5.74) is 5.42. The summed E-state index contributed by atoms with van der Waals surface area (Å²) < 4.78 is 1.93. The number of halogens is 2. The minimum atomic E-state index is -0.498. The maximum atomic E-state index is 13.0. The van der Waals surface area contributed by atoms with Crippen molar-refractivity contribution in [2.24, 2.45) is 0 Å². The quantitative estimate of drug-likeness (QED) is 0.123. The zero-order valence-corrected chi connectivity index (χ0v) is 24.2. The van der Waals surface area contributed by atoms with Crippen molar-refractivity contribution in [2.75, 3.05) is 11.1 Å². The summed E-state index contributed by atoms with van der Waals surface area (Å²) in [6.07, 6.45) is 1.55. The van der Waals surface area contributed by atoms with E-state index < -0.39 is 10.8 Å². The highest BCUT2D eigenvalue weighted by Gasteiger charge is 2.23. The summed E-state index contributed by atoms with van der Waals surface area (Å²) in [5, 5.41) is 24.6. The van der Waals surface area contributed by atoms with Crippen molar-refractivity contribution in [1.82, 2.24) is 14.8 Å². The molecule has 0 bridgehead atoms. The van der Waals surface area contributed by atoms with E-state index in [1.54, 1.807) is 31.2 Å². The van der Waals surface area contributed by atoms with E-state index in [0.29, 0.717) is 26.6 Å². The highest BCUT2D eigenvalue weighted by atomic mass is 35.5. The van der Waals surface area contributed by atoms with Gasteiger partial charge in [0.15, 0.2) is 11.0 Å². The number of nitro benzene ring substituents is 1. The number of benzene rings is 3. The average molecular weight is 585 g/mol. The van der Waals surface area contributed by atoms with Gasteiger partial charge in [0, 0.05) is 16.7 Å². The van der Waals surface area contributed by atoms with E-state index >= 15 is 0 Å². The summed E-state index contributed by atoms with van der Waals surface area (Å²) in [5.74, 6) is 0.0956. The fourth-order valence-corrected chi connectivity index (χ4v) is 5.51. The highest BCUT2D eigenvalue weighted by molar-refractivity contribution is 7.99. The predicted octanol–water partition coefficient (Wildman–Crippen LogP) is 7.62. The molecular formula is C28H27Cl2N5O3S. The number of aryl methyl sites for hydroxylation is 4. The van der Waals surface area contributed by atoms with Gasteiger partial charge in [-0.2, -0.15) is 0 Å². The molecule has 0 radical (unpaired) electrons. The number of amides is 1. The Bertz CT molecular complexity index is 1550. The molecule has 0 aliphatic carbocycles. The Labute approximate surface area is 240 Å². The van der Waals surface area contributed by atoms with Crippen molar-refractivity contribution < 1.29 is 9.72 Å². The van der Waals surface area contributed by atoms with Gasteiger partial charge >= 0.3 is 0 Å². The molecule has 1 heterocycles. The number of hydrogen-bond acceptors (Lipinski definition) is 6. The molecule has 0 fully saturated rings. The van der Waals surface area contributed by atoms with Crippen LogP contribution in [0.25, 0.3) is 17.1 Å². The zero-order chi connectivity index (χ0) is 28.3. The number of thioether (sulfide) groups is 1. The van der Waals surface area contributed by atoms with Crippen LogP contribution in [-0.4, -0.2) is 31.3 Å². The van der Waals surface area contributed by atoms with Crippen LogP contribution in [0.1, 0.15) is 36.1 Å². The number of nitro groups is 1. The minimum absolute atomic E-state index is 0.0354. The molecule has 0 atom stereocenters. The molecule has 0 saturated carbocycles. The molecule has 1 amide bonds. The van der Waals surface area contributed by atoms with E-state index in [2.05, 4.69) is 41.5 Å². The molecule has 1 N–H and O–H groups in total. The third kappa shape index (κ3) is 6.11. The van der Waals surface area contributed by atoms with Crippen LogP contribution in [0.4, 0.5) is 11.4 Å². The molecule has 0 aliphatic rings. The van der Waals surface area contributed by atoms with E-state index in [1.165, 1.54) is 17.8 Å². The van der Waals surface area contributed by atoms with E-state index in [1.807, 2.05) is 17.6 Å². The fraction of sp³-hybridized carbons (Fsp3) is 0.250. The number of aromatic nitrogens is 3. The topological polar surface area (TPSA) is 103 Å². The van der Waals surface area contributed by atoms with Gasteiger partial charge in [0.25, 0.3) is 5.69 Å². The smallest absolute Gasteiger partial charge is 0.293 e.